The predicted octanol–water partition coefficient (Wildman–Crippen LogP) is 3.67. The van der Waals surface area contributed by atoms with Crippen LogP contribution in [0.15, 0.2) is 37.0 Å². The van der Waals surface area contributed by atoms with Crippen molar-refractivity contribution in [1.29, 1.82) is 0 Å². The van der Waals surface area contributed by atoms with E-state index in [-0.39, 0.29) is 0 Å². The maximum absolute atomic E-state index is 5.13. The number of hydrogen-bond donors (Lipinski definition) is 0. The highest BCUT2D eigenvalue weighted by atomic mass is 16.5. The highest BCUT2D eigenvalue weighted by Gasteiger charge is 2.11. The lowest BCUT2D eigenvalue weighted by Gasteiger charge is -2.23. The average Bonchev–Trinajstić information content (AvgIpc) is 2.41. The van der Waals surface area contributed by atoms with Crippen molar-refractivity contribution in [2.75, 3.05) is 33.4 Å². The third-order valence-electron chi connectivity index (χ3n) is 3.36. The summed E-state index contributed by atoms with van der Waals surface area (Å²) in [6.07, 6.45) is 8.20. The van der Waals surface area contributed by atoms with Crippen LogP contribution in [0, 0.1) is 5.92 Å². The van der Waals surface area contributed by atoms with Gasteiger partial charge in [0.15, 0.2) is 0 Å². The van der Waals surface area contributed by atoms with Gasteiger partial charge in [0.05, 0.1) is 6.61 Å². The standard InChI is InChI=1S/C16H29NO/c1-6-10-15(7-2)16(8-3)11-12-17(9-4)13-14-18-5/h6-7,10,16H,1-2,8-9,11-14H2,3-5H3/b15-10+. The Morgan fingerprint density at radius 1 is 1.28 bits per heavy atom. The molecule has 0 bridgehead atoms. The molecule has 104 valence electrons. The molecule has 0 aromatic rings. The first-order valence-corrected chi connectivity index (χ1v) is 6.89. The predicted molar refractivity (Wildman–Crippen MR) is 80.9 cm³/mol. The van der Waals surface area contributed by atoms with Crippen molar-refractivity contribution in [2.45, 2.75) is 26.7 Å². The number of allylic oxidation sites excluding steroid dienone is 4. The maximum atomic E-state index is 5.13. The van der Waals surface area contributed by atoms with Gasteiger partial charge >= 0.3 is 0 Å². The molecule has 0 aliphatic heterocycles. The second-order valence-corrected chi connectivity index (χ2v) is 4.43. The molecule has 0 saturated carbocycles. The molecule has 0 spiro atoms. The Balaban J connectivity index is 4.30. The summed E-state index contributed by atoms with van der Waals surface area (Å²) < 4.78 is 5.13. The summed E-state index contributed by atoms with van der Waals surface area (Å²) in [5, 5.41) is 0. The number of ether oxygens (including phenoxy) is 1. The summed E-state index contributed by atoms with van der Waals surface area (Å²) in [6.45, 7) is 16.1. The molecule has 2 heteroatoms. The normalized spacial score (nSPS) is 13.7. The molecule has 0 amide bonds. The van der Waals surface area contributed by atoms with Gasteiger partial charge in [-0.15, -0.1) is 0 Å². The van der Waals surface area contributed by atoms with Gasteiger partial charge in [0, 0.05) is 13.7 Å². The lowest BCUT2D eigenvalue weighted by atomic mass is 9.92. The van der Waals surface area contributed by atoms with Crippen LogP contribution in [0.3, 0.4) is 0 Å². The van der Waals surface area contributed by atoms with E-state index in [1.807, 2.05) is 12.2 Å². The smallest absolute Gasteiger partial charge is 0.0589 e. The van der Waals surface area contributed by atoms with Crippen molar-refractivity contribution in [3.05, 3.63) is 37.0 Å². The van der Waals surface area contributed by atoms with Crippen LogP contribution < -0.4 is 0 Å². The van der Waals surface area contributed by atoms with Gasteiger partial charge in [0.1, 0.15) is 0 Å². The topological polar surface area (TPSA) is 12.5 Å². The minimum absolute atomic E-state index is 0.581. The highest BCUT2D eigenvalue weighted by molar-refractivity contribution is 5.23. The van der Waals surface area contributed by atoms with Crippen LogP contribution in [0.2, 0.25) is 0 Å². The second-order valence-electron chi connectivity index (χ2n) is 4.43. The Kier molecular flexibility index (Phi) is 10.7. The van der Waals surface area contributed by atoms with Crippen molar-refractivity contribution >= 4 is 0 Å². The van der Waals surface area contributed by atoms with Gasteiger partial charge in [0.2, 0.25) is 0 Å². The first kappa shape index (κ1) is 17.1. The highest BCUT2D eigenvalue weighted by Crippen LogP contribution is 2.20. The van der Waals surface area contributed by atoms with E-state index in [1.54, 1.807) is 7.11 Å². The van der Waals surface area contributed by atoms with Gasteiger partial charge < -0.3 is 9.64 Å². The fraction of sp³-hybridized carbons (Fsp3) is 0.625. The maximum Gasteiger partial charge on any atom is 0.0589 e. The number of rotatable bonds is 11. The number of methoxy groups -OCH3 is 1. The molecule has 2 nitrogen and oxygen atoms in total. The Hall–Kier alpha value is -0.860. The van der Waals surface area contributed by atoms with E-state index in [1.165, 1.54) is 12.0 Å². The van der Waals surface area contributed by atoms with E-state index in [9.17, 15) is 0 Å². The van der Waals surface area contributed by atoms with Crippen LogP contribution in [-0.4, -0.2) is 38.3 Å². The molecule has 0 heterocycles. The van der Waals surface area contributed by atoms with Crippen LogP contribution in [0.5, 0.6) is 0 Å². The fourth-order valence-corrected chi connectivity index (χ4v) is 2.10. The van der Waals surface area contributed by atoms with Crippen LogP contribution in [-0.2, 0) is 4.74 Å². The van der Waals surface area contributed by atoms with Gasteiger partial charge in [-0.05, 0) is 37.4 Å². The monoisotopic (exact) mass is 251 g/mol. The molecule has 0 N–H and O–H groups in total. The van der Waals surface area contributed by atoms with Crippen molar-refractivity contribution in [1.82, 2.24) is 4.90 Å². The summed E-state index contributed by atoms with van der Waals surface area (Å²) >= 11 is 0. The molecule has 0 saturated heterocycles. The molecule has 1 atom stereocenters. The van der Waals surface area contributed by atoms with Gasteiger partial charge in [-0.2, -0.15) is 0 Å². The Labute approximate surface area is 113 Å². The van der Waals surface area contributed by atoms with Crippen molar-refractivity contribution in [3.8, 4) is 0 Å². The molecule has 0 aliphatic rings. The molecule has 18 heavy (non-hydrogen) atoms. The Morgan fingerprint density at radius 2 is 2.00 bits per heavy atom. The summed E-state index contributed by atoms with van der Waals surface area (Å²) in [7, 11) is 1.76. The van der Waals surface area contributed by atoms with E-state index < -0.39 is 0 Å². The molecule has 1 unspecified atom stereocenters. The molecule has 0 fully saturated rings. The van der Waals surface area contributed by atoms with Gasteiger partial charge in [-0.25, -0.2) is 0 Å². The zero-order valence-corrected chi connectivity index (χ0v) is 12.3. The lowest BCUT2D eigenvalue weighted by Crippen LogP contribution is -2.29. The van der Waals surface area contributed by atoms with E-state index in [0.717, 1.165) is 32.7 Å². The third kappa shape index (κ3) is 6.77. The third-order valence-corrected chi connectivity index (χ3v) is 3.36. The first-order valence-electron chi connectivity index (χ1n) is 6.89. The molecule has 0 aromatic carbocycles. The summed E-state index contributed by atoms with van der Waals surface area (Å²) in [5.41, 5.74) is 1.30. The number of nitrogens with zero attached hydrogens (tertiary/aromatic N) is 1. The van der Waals surface area contributed by atoms with Crippen molar-refractivity contribution < 1.29 is 4.74 Å². The van der Waals surface area contributed by atoms with Crippen LogP contribution in [0.4, 0.5) is 0 Å². The zero-order chi connectivity index (χ0) is 13.8. The summed E-state index contributed by atoms with van der Waals surface area (Å²) in [5.74, 6) is 0.581. The van der Waals surface area contributed by atoms with E-state index in [4.69, 9.17) is 4.74 Å². The van der Waals surface area contributed by atoms with Gasteiger partial charge in [-0.1, -0.05) is 45.2 Å². The van der Waals surface area contributed by atoms with Crippen molar-refractivity contribution in [3.63, 3.8) is 0 Å². The van der Waals surface area contributed by atoms with Crippen LogP contribution in [0.1, 0.15) is 26.7 Å². The van der Waals surface area contributed by atoms with E-state index in [0.29, 0.717) is 5.92 Å². The SMILES string of the molecule is C=C/C=C(\C=C)C(CC)CCN(CC)CCOC. The zero-order valence-electron chi connectivity index (χ0n) is 12.3. The number of likely N-dealkylation sites (N-methyl/N-ethyl adjacent to an activating group) is 1. The fourth-order valence-electron chi connectivity index (χ4n) is 2.10. The summed E-state index contributed by atoms with van der Waals surface area (Å²) in [4.78, 5) is 2.43. The van der Waals surface area contributed by atoms with Gasteiger partial charge in [-0.3, -0.25) is 0 Å². The lowest BCUT2D eigenvalue weighted by molar-refractivity contribution is 0.147. The van der Waals surface area contributed by atoms with Crippen molar-refractivity contribution in [2.24, 2.45) is 5.92 Å². The van der Waals surface area contributed by atoms with Crippen LogP contribution in [0.25, 0.3) is 0 Å². The second kappa shape index (κ2) is 11.2. The average molecular weight is 251 g/mol. The Morgan fingerprint density at radius 3 is 2.44 bits per heavy atom. The largest absolute Gasteiger partial charge is 0.383 e. The molecular formula is C16H29NO. The molecular weight excluding hydrogens is 222 g/mol. The van der Waals surface area contributed by atoms with E-state index >= 15 is 0 Å². The first-order chi connectivity index (χ1) is 8.73. The van der Waals surface area contributed by atoms with Gasteiger partial charge in [0.25, 0.3) is 0 Å². The Bertz CT molecular complexity index is 258. The quantitative estimate of drug-likeness (QED) is 0.520. The van der Waals surface area contributed by atoms with Crippen LogP contribution >= 0.6 is 0 Å². The van der Waals surface area contributed by atoms with E-state index in [2.05, 4.69) is 38.0 Å². The minimum Gasteiger partial charge on any atom is -0.383 e. The molecule has 0 aliphatic carbocycles. The summed E-state index contributed by atoms with van der Waals surface area (Å²) in [6, 6.07) is 0. The molecule has 0 aromatic heterocycles. The molecule has 0 rings (SSSR count). The minimum atomic E-state index is 0.581. The molecule has 0 radical (unpaired) electrons. The number of hydrogen-bond acceptors (Lipinski definition) is 2.